The van der Waals surface area contributed by atoms with E-state index in [2.05, 4.69) is 17.6 Å². The highest BCUT2D eigenvalue weighted by Crippen LogP contribution is 2.40. The summed E-state index contributed by atoms with van der Waals surface area (Å²) < 4.78 is 16.4. The molecule has 30 heavy (non-hydrogen) atoms. The van der Waals surface area contributed by atoms with E-state index in [4.69, 9.17) is 19.2 Å². The van der Waals surface area contributed by atoms with Gasteiger partial charge in [-0.05, 0) is 43.7 Å². The number of aliphatic hydroxyl groups is 1. The highest BCUT2D eigenvalue weighted by atomic mass is 127. The van der Waals surface area contributed by atoms with Crippen molar-refractivity contribution in [2.45, 2.75) is 52.0 Å². The topological polar surface area (TPSA) is 84.3 Å². The Kier molecular flexibility index (Phi) is 12.2. The third-order valence-electron chi connectivity index (χ3n) is 5.72. The van der Waals surface area contributed by atoms with Gasteiger partial charge in [0.15, 0.2) is 17.5 Å². The van der Waals surface area contributed by atoms with Crippen molar-refractivity contribution in [2.75, 3.05) is 41.0 Å². The van der Waals surface area contributed by atoms with Gasteiger partial charge in [0.1, 0.15) is 0 Å². The van der Waals surface area contributed by atoms with Crippen LogP contribution in [-0.2, 0) is 6.54 Å². The van der Waals surface area contributed by atoms with Crippen LogP contribution in [-0.4, -0.2) is 52.1 Å². The van der Waals surface area contributed by atoms with Crippen LogP contribution in [0.25, 0.3) is 0 Å². The van der Waals surface area contributed by atoms with Crippen molar-refractivity contribution in [3.8, 4) is 17.2 Å². The van der Waals surface area contributed by atoms with Crippen LogP contribution in [0.15, 0.2) is 17.1 Å². The molecule has 0 aromatic heterocycles. The fourth-order valence-corrected chi connectivity index (χ4v) is 4.12. The maximum absolute atomic E-state index is 9.54. The second-order valence-electron chi connectivity index (χ2n) is 7.58. The smallest absolute Gasteiger partial charge is 0.203 e. The number of methoxy groups -OCH3 is 3. The number of hydrogen-bond acceptors (Lipinski definition) is 5. The van der Waals surface area contributed by atoms with Crippen molar-refractivity contribution in [1.29, 1.82) is 0 Å². The molecule has 2 rings (SSSR count). The van der Waals surface area contributed by atoms with Gasteiger partial charge >= 0.3 is 0 Å². The van der Waals surface area contributed by atoms with Crippen molar-refractivity contribution in [1.82, 2.24) is 10.6 Å². The highest BCUT2D eigenvalue weighted by molar-refractivity contribution is 14.0. The number of benzene rings is 1. The highest BCUT2D eigenvalue weighted by Gasteiger charge is 2.31. The van der Waals surface area contributed by atoms with Crippen molar-refractivity contribution in [3.63, 3.8) is 0 Å². The lowest BCUT2D eigenvalue weighted by molar-refractivity contribution is 0.131. The lowest BCUT2D eigenvalue weighted by atomic mass is 9.72. The molecule has 7 nitrogen and oxygen atoms in total. The Morgan fingerprint density at radius 2 is 1.73 bits per heavy atom. The van der Waals surface area contributed by atoms with Gasteiger partial charge in [-0.15, -0.1) is 24.0 Å². The van der Waals surface area contributed by atoms with E-state index in [0.717, 1.165) is 43.9 Å². The molecule has 0 radical (unpaired) electrons. The zero-order chi connectivity index (χ0) is 21.1. The zero-order valence-electron chi connectivity index (χ0n) is 18.8. The maximum atomic E-state index is 9.54. The fraction of sp³-hybridized carbons (Fsp3) is 0.682. The molecule has 172 valence electrons. The van der Waals surface area contributed by atoms with Gasteiger partial charge < -0.3 is 30.0 Å². The summed E-state index contributed by atoms with van der Waals surface area (Å²) in [6, 6.07) is 3.81. The number of halogens is 1. The first-order valence-electron chi connectivity index (χ1n) is 10.5. The average molecular weight is 535 g/mol. The molecule has 8 heteroatoms. The van der Waals surface area contributed by atoms with Crippen LogP contribution in [0.3, 0.4) is 0 Å². The van der Waals surface area contributed by atoms with E-state index in [-0.39, 0.29) is 36.0 Å². The molecule has 1 aliphatic carbocycles. The largest absolute Gasteiger partial charge is 0.493 e. The normalized spacial score (nSPS) is 15.7. The monoisotopic (exact) mass is 535 g/mol. The minimum absolute atomic E-state index is 0. The summed E-state index contributed by atoms with van der Waals surface area (Å²) in [5, 5.41) is 16.4. The Balaban J connectivity index is 0.00000450. The third-order valence-corrected chi connectivity index (χ3v) is 5.72. The van der Waals surface area contributed by atoms with E-state index in [1.807, 2.05) is 12.1 Å². The summed E-state index contributed by atoms with van der Waals surface area (Å²) in [6.45, 7) is 4.34. The van der Waals surface area contributed by atoms with Crippen molar-refractivity contribution in [2.24, 2.45) is 10.4 Å². The molecular weight excluding hydrogens is 497 g/mol. The van der Waals surface area contributed by atoms with E-state index in [1.54, 1.807) is 21.3 Å². The first-order valence-corrected chi connectivity index (χ1v) is 10.5. The second-order valence-corrected chi connectivity index (χ2v) is 7.58. The molecule has 1 fully saturated rings. The lowest BCUT2D eigenvalue weighted by Crippen LogP contribution is -2.44. The molecule has 0 bridgehead atoms. The Hall–Kier alpha value is -1.42. The molecule has 0 spiro atoms. The summed E-state index contributed by atoms with van der Waals surface area (Å²) >= 11 is 0. The fourth-order valence-electron chi connectivity index (χ4n) is 4.12. The van der Waals surface area contributed by atoms with Gasteiger partial charge in [-0.25, -0.2) is 4.99 Å². The summed E-state index contributed by atoms with van der Waals surface area (Å²) in [7, 11) is 4.83. The first kappa shape index (κ1) is 26.6. The number of nitrogens with zero attached hydrogens (tertiary/aromatic N) is 1. The second kappa shape index (κ2) is 13.8. The van der Waals surface area contributed by atoms with Gasteiger partial charge in [0.05, 0.1) is 27.9 Å². The maximum Gasteiger partial charge on any atom is 0.203 e. The summed E-state index contributed by atoms with van der Waals surface area (Å²) in [6.07, 6.45) is 6.91. The van der Waals surface area contributed by atoms with E-state index in [9.17, 15) is 5.11 Å². The first-order chi connectivity index (χ1) is 14.1. The molecule has 0 saturated heterocycles. The molecule has 1 aromatic rings. The standard InChI is InChI=1S/C22H37N3O4.HI/c1-5-23-21(25-16-22(13-14-26)11-7-6-8-12-22)24-15-17-9-10-18(27-2)20(29-4)19(17)28-3;/h9-10,26H,5-8,11-16H2,1-4H3,(H2,23,24,25);1H. The van der Waals surface area contributed by atoms with Crippen molar-refractivity contribution in [3.05, 3.63) is 17.7 Å². The Bertz CT molecular complexity index is 659. The number of aliphatic imine (C=N–C) groups is 1. The molecule has 0 heterocycles. The third kappa shape index (κ3) is 7.08. The predicted molar refractivity (Wildman–Crippen MR) is 132 cm³/mol. The molecule has 1 saturated carbocycles. The minimum Gasteiger partial charge on any atom is -0.493 e. The van der Waals surface area contributed by atoms with Crippen LogP contribution in [0.2, 0.25) is 0 Å². The van der Waals surface area contributed by atoms with Crippen molar-refractivity contribution >= 4 is 29.9 Å². The lowest BCUT2D eigenvalue weighted by Gasteiger charge is -2.37. The molecule has 0 aliphatic heterocycles. The van der Waals surface area contributed by atoms with E-state index >= 15 is 0 Å². The molecule has 1 aliphatic rings. The SMILES string of the molecule is CCNC(=NCc1ccc(OC)c(OC)c1OC)NCC1(CCO)CCCCC1.I. The molecule has 0 amide bonds. The van der Waals surface area contributed by atoms with Crippen LogP contribution >= 0.6 is 24.0 Å². The van der Waals surface area contributed by atoms with Crippen LogP contribution in [0, 0.1) is 5.41 Å². The summed E-state index contributed by atoms with van der Waals surface area (Å²) in [4.78, 5) is 4.75. The number of guanidine groups is 1. The summed E-state index contributed by atoms with van der Waals surface area (Å²) in [5.74, 6) is 2.61. The Labute approximate surface area is 198 Å². The van der Waals surface area contributed by atoms with Gasteiger partial charge in [-0.1, -0.05) is 19.3 Å². The van der Waals surface area contributed by atoms with Gasteiger partial charge in [0, 0.05) is 25.3 Å². The van der Waals surface area contributed by atoms with Crippen molar-refractivity contribution < 1.29 is 19.3 Å². The Morgan fingerprint density at radius 1 is 1.03 bits per heavy atom. The number of nitrogens with one attached hydrogen (secondary N) is 2. The van der Waals surface area contributed by atoms with Crippen LogP contribution < -0.4 is 24.8 Å². The molecule has 0 unspecified atom stereocenters. The van der Waals surface area contributed by atoms with Gasteiger partial charge in [0.25, 0.3) is 0 Å². The number of ether oxygens (including phenoxy) is 3. The van der Waals surface area contributed by atoms with Crippen LogP contribution in [0.5, 0.6) is 17.2 Å². The summed E-state index contributed by atoms with van der Waals surface area (Å²) in [5.41, 5.74) is 1.08. The number of rotatable bonds is 10. The Morgan fingerprint density at radius 3 is 2.30 bits per heavy atom. The predicted octanol–water partition coefficient (Wildman–Crippen LogP) is 3.72. The van der Waals surface area contributed by atoms with Gasteiger partial charge in [-0.3, -0.25) is 0 Å². The van der Waals surface area contributed by atoms with Gasteiger partial charge in [-0.2, -0.15) is 0 Å². The molecule has 0 atom stereocenters. The molecule has 1 aromatic carbocycles. The van der Waals surface area contributed by atoms with Crippen LogP contribution in [0.1, 0.15) is 51.0 Å². The number of hydrogen-bond donors (Lipinski definition) is 3. The van der Waals surface area contributed by atoms with Gasteiger partial charge in [0.2, 0.25) is 5.75 Å². The average Bonchev–Trinajstić information content (AvgIpc) is 2.75. The van der Waals surface area contributed by atoms with E-state index < -0.39 is 0 Å². The molecule has 3 N–H and O–H groups in total. The minimum atomic E-state index is 0. The van der Waals surface area contributed by atoms with E-state index in [1.165, 1.54) is 19.3 Å². The zero-order valence-corrected chi connectivity index (χ0v) is 21.1. The van der Waals surface area contributed by atoms with Crippen LogP contribution in [0.4, 0.5) is 0 Å². The molecular formula is C22H38IN3O4. The number of aliphatic hydroxyl groups excluding tert-OH is 1. The van der Waals surface area contributed by atoms with E-state index in [0.29, 0.717) is 23.8 Å². The quantitative estimate of drug-likeness (QED) is 0.241.